The Morgan fingerprint density at radius 3 is 3.08 bits per heavy atom. The molecule has 2 atom stereocenters. The van der Waals surface area contributed by atoms with Crippen LogP contribution in [-0.4, -0.2) is 17.1 Å². The van der Waals surface area contributed by atoms with Crippen LogP contribution in [0.2, 0.25) is 0 Å². The Bertz CT molecular complexity index is 281. The number of aromatic nitrogens is 1. The Morgan fingerprint density at radius 1 is 1.83 bits per heavy atom. The zero-order chi connectivity index (χ0) is 8.55. The quantitative estimate of drug-likeness (QED) is 0.707. The van der Waals surface area contributed by atoms with Gasteiger partial charge < -0.3 is 9.84 Å². The van der Waals surface area contributed by atoms with Gasteiger partial charge >= 0.3 is 0 Å². The third-order valence-electron chi connectivity index (χ3n) is 2.10. The third-order valence-corrected chi connectivity index (χ3v) is 2.10. The molecule has 1 aliphatic carbocycles. The molecule has 0 spiro atoms. The van der Waals surface area contributed by atoms with Gasteiger partial charge in [-0.1, -0.05) is 12.1 Å². The summed E-state index contributed by atoms with van der Waals surface area (Å²) in [6, 6.07) is 1.90. The highest BCUT2D eigenvalue weighted by Crippen LogP contribution is 2.29. The summed E-state index contributed by atoms with van der Waals surface area (Å²) >= 11 is 0. The van der Waals surface area contributed by atoms with Gasteiger partial charge in [-0.15, -0.1) is 0 Å². The highest BCUT2D eigenvalue weighted by atomic mass is 16.5. The van der Waals surface area contributed by atoms with Crippen molar-refractivity contribution in [3.8, 4) is 0 Å². The number of carbonyl (C=O) groups excluding carboxylic acids is 1. The van der Waals surface area contributed by atoms with Crippen molar-refractivity contribution in [1.82, 2.24) is 10.5 Å². The molecule has 0 saturated heterocycles. The molecule has 1 aliphatic rings. The van der Waals surface area contributed by atoms with Crippen molar-refractivity contribution < 1.29 is 9.32 Å². The van der Waals surface area contributed by atoms with E-state index in [1.54, 1.807) is 6.07 Å². The summed E-state index contributed by atoms with van der Waals surface area (Å²) in [5.74, 6) is 0.471. The van der Waals surface area contributed by atoms with Crippen molar-refractivity contribution in [3.05, 3.63) is 18.0 Å². The van der Waals surface area contributed by atoms with Crippen LogP contribution in [0.5, 0.6) is 0 Å². The van der Waals surface area contributed by atoms with E-state index in [0.717, 1.165) is 6.42 Å². The molecule has 1 amide bonds. The van der Waals surface area contributed by atoms with Gasteiger partial charge in [-0.3, -0.25) is 4.79 Å². The Kier molecular flexibility index (Phi) is 1.60. The maximum atomic E-state index is 11.3. The monoisotopic (exact) mass is 166 g/mol. The summed E-state index contributed by atoms with van der Waals surface area (Å²) < 4.78 is 4.55. The van der Waals surface area contributed by atoms with Crippen molar-refractivity contribution in [1.29, 1.82) is 0 Å². The minimum absolute atomic E-state index is 0.141. The average molecular weight is 166 g/mol. The topological polar surface area (TPSA) is 55.1 Å². The number of nitrogens with zero attached hydrogens (tertiary/aromatic N) is 1. The number of rotatable bonds is 2. The molecule has 0 radical (unpaired) electrons. The van der Waals surface area contributed by atoms with Crippen LogP contribution in [0.25, 0.3) is 0 Å². The van der Waals surface area contributed by atoms with Crippen LogP contribution in [0.3, 0.4) is 0 Å². The first-order valence-corrected chi connectivity index (χ1v) is 3.98. The van der Waals surface area contributed by atoms with Gasteiger partial charge in [0.1, 0.15) is 6.26 Å². The fourth-order valence-electron chi connectivity index (χ4n) is 1.10. The number of hydrogen-bond acceptors (Lipinski definition) is 3. The first kappa shape index (κ1) is 7.34. The molecule has 1 saturated carbocycles. The number of carbonyl (C=O) groups is 1. The molecule has 64 valence electrons. The van der Waals surface area contributed by atoms with Crippen LogP contribution < -0.4 is 5.32 Å². The molecule has 12 heavy (non-hydrogen) atoms. The first-order valence-electron chi connectivity index (χ1n) is 3.98. The van der Waals surface area contributed by atoms with Crippen molar-refractivity contribution in [2.45, 2.75) is 19.4 Å². The van der Waals surface area contributed by atoms with Crippen LogP contribution in [0, 0.1) is 5.92 Å². The van der Waals surface area contributed by atoms with Crippen LogP contribution in [0.4, 0.5) is 0 Å². The molecule has 0 aromatic carbocycles. The molecule has 0 aliphatic heterocycles. The Morgan fingerprint density at radius 2 is 2.58 bits per heavy atom. The van der Waals surface area contributed by atoms with Gasteiger partial charge in [0.2, 0.25) is 0 Å². The number of amides is 1. The lowest BCUT2D eigenvalue weighted by Crippen LogP contribution is -2.26. The van der Waals surface area contributed by atoms with Gasteiger partial charge in [0.05, 0.1) is 0 Å². The summed E-state index contributed by atoms with van der Waals surface area (Å²) in [4.78, 5) is 11.3. The highest BCUT2D eigenvalue weighted by molar-refractivity contribution is 5.92. The van der Waals surface area contributed by atoms with E-state index in [4.69, 9.17) is 0 Å². The van der Waals surface area contributed by atoms with E-state index in [2.05, 4.69) is 21.9 Å². The second-order valence-electron chi connectivity index (χ2n) is 3.18. The highest BCUT2D eigenvalue weighted by Gasteiger charge is 2.34. The standard InChI is InChI=1S/C8H10N2O2/c1-5-4-7(5)9-8(11)6-2-3-12-10-6/h2-3,5,7H,4H2,1H3,(H,9,11). The lowest BCUT2D eigenvalue weighted by molar-refractivity contribution is 0.0940. The van der Waals surface area contributed by atoms with E-state index >= 15 is 0 Å². The summed E-state index contributed by atoms with van der Waals surface area (Å²) in [6.45, 7) is 2.10. The molecule has 2 rings (SSSR count). The molecule has 1 aromatic rings. The largest absolute Gasteiger partial charge is 0.364 e. The van der Waals surface area contributed by atoms with Crippen molar-refractivity contribution in [2.75, 3.05) is 0 Å². The number of nitrogens with one attached hydrogen (secondary N) is 1. The summed E-state index contributed by atoms with van der Waals surface area (Å²) in [6.07, 6.45) is 2.47. The number of hydrogen-bond donors (Lipinski definition) is 1. The summed E-state index contributed by atoms with van der Waals surface area (Å²) in [7, 11) is 0. The van der Waals surface area contributed by atoms with E-state index in [-0.39, 0.29) is 5.91 Å². The Hall–Kier alpha value is -1.32. The van der Waals surface area contributed by atoms with Gasteiger partial charge in [-0.05, 0) is 12.3 Å². The minimum Gasteiger partial charge on any atom is -0.364 e. The van der Waals surface area contributed by atoms with Crippen molar-refractivity contribution in [2.24, 2.45) is 5.92 Å². The molecule has 1 fully saturated rings. The predicted molar refractivity (Wildman–Crippen MR) is 41.5 cm³/mol. The first-order chi connectivity index (χ1) is 5.77. The lowest BCUT2D eigenvalue weighted by Gasteiger charge is -1.98. The van der Waals surface area contributed by atoms with E-state index in [1.165, 1.54) is 6.26 Å². The van der Waals surface area contributed by atoms with E-state index in [0.29, 0.717) is 17.7 Å². The van der Waals surface area contributed by atoms with Crippen LogP contribution in [-0.2, 0) is 0 Å². The molecule has 2 unspecified atom stereocenters. The average Bonchev–Trinajstić information content (AvgIpc) is 2.58. The molecule has 1 aromatic heterocycles. The van der Waals surface area contributed by atoms with Crippen LogP contribution in [0.1, 0.15) is 23.8 Å². The lowest BCUT2D eigenvalue weighted by atomic mass is 10.4. The van der Waals surface area contributed by atoms with E-state index in [1.807, 2.05) is 0 Å². The second-order valence-corrected chi connectivity index (χ2v) is 3.18. The predicted octanol–water partition coefficient (Wildman–Crippen LogP) is 0.813. The smallest absolute Gasteiger partial charge is 0.273 e. The zero-order valence-electron chi connectivity index (χ0n) is 6.78. The Balaban J connectivity index is 1.93. The van der Waals surface area contributed by atoms with Gasteiger partial charge in [0.25, 0.3) is 5.91 Å². The van der Waals surface area contributed by atoms with Crippen LogP contribution >= 0.6 is 0 Å². The second kappa shape index (κ2) is 2.62. The molecular formula is C8H10N2O2. The molecular weight excluding hydrogens is 156 g/mol. The molecule has 4 heteroatoms. The third kappa shape index (κ3) is 1.32. The van der Waals surface area contributed by atoms with Crippen molar-refractivity contribution in [3.63, 3.8) is 0 Å². The summed E-state index contributed by atoms with van der Waals surface area (Å²) in [5.41, 5.74) is 0.356. The molecule has 4 nitrogen and oxygen atoms in total. The maximum Gasteiger partial charge on any atom is 0.273 e. The fourth-order valence-corrected chi connectivity index (χ4v) is 1.10. The minimum atomic E-state index is -0.141. The van der Waals surface area contributed by atoms with Gasteiger partial charge in [0, 0.05) is 12.1 Å². The van der Waals surface area contributed by atoms with Gasteiger partial charge in [0.15, 0.2) is 5.69 Å². The zero-order valence-corrected chi connectivity index (χ0v) is 6.78. The normalized spacial score (nSPS) is 26.8. The maximum absolute atomic E-state index is 11.3. The van der Waals surface area contributed by atoms with Crippen LogP contribution in [0.15, 0.2) is 16.9 Å². The van der Waals surface area contributed by atoms with E-state index < -0.39 is 0 Å². The van der Waals surface area contributed by atoms with Gasteiger partial charge in [-0.25, -0.2) is 0 Å². The molecule has 0 bridgehead atoms. The van der Waals surface area contributed by atoms with E-state index in [9.17, 15) is 4.79 Å². The van der Waals surface area contributed by atoms with Gasteiger partial charge in [-0.2, -0.15) is 0 Å². The fraction of sp³-hybridized carbons (Fsp3) is 0.500. The molecule has 1 heterocycles. The van der Waals surface area contributed by atoms with Crippen molar-refractivity contribution >= 4 is 5.91 Å². The SMILES string of the molecule is CC1CC1NC(=O)c1ccon1. The Labute approximate surface area is 69.9 Å². The molecule has 1 N–H and O–H groups in total. The summed E-state index contributed by atoms with van der Waals surface area (Å²) in [5, 5.41) is 6.38.